The lowest BCUT2D eigenvalue weighted by Gasteiger charge is -2.09. The minimum atomic E-state index is -0.489. The molecule has 3 rings (SSSR count). The van der Waals surface area contributed by atoms with Gasteiger partial charge in [0.15, 0.2) is 0 Å². The Bertz CT molecular complexity index is 1050. The number of nitrogens with one attached hydrogen (secondary N) is 1. The van der Waals surface area contributed by atoms with Crippen LogP contribution in [0.4, 0.5) is 11.5 Å². The maximum atomic E-state index is 12.4. The molecule has 26 heavy (non-hydrogen) atoms. The molecule has 0 radical (unpaired) electrons. The zero-order chi connectivity index (χ0) is 18.8. The molecule has 0 aliphatic heterocycles. The van der Waals surface area contributed by atoms with E-state index in [0.717, 1.165) is 0 Å². The molecule has 1 N–H and O–H groups in total. The second-order valence-electron chi connectivity index (χ2n) is 5.67. The van der Waals surface area contributed by atoms with Gasteiger partial charge in [0, 0.05) is 43.1 Å². The molecule has 0 aliphatic carbocycles. The molecule has 0 bridgehead atoms. The first-order valence-corrected chi connectivity index (χ1v) is 7.64. The quantitative estimate of drug-likeness (QED) is 0.570. The highest BCUT2D eigenvalue weighted by molar-refractivity contribution is 6.03. The number of anilines is 1. The Hall–Kier alpha value is -3.75. The number of pyridine rings is 1. The average molecular weight is 353 g/mol. The van der Waals surface area contributed by atoms with Crippen LogP contribution < -0.4 is 10.9 Å². The highest BCUT2D eigenvalue weighted by Crippen LogP contribution is 2.20. The van der Waals surface area contributed by atoms with E-state index in [1.807, 2.05) is 0 Å². The number of hydrogen-bond acceptors (Lipinski definition) is 5. The van der Waals surface area contributed by atoms with Crippen LogP contribution in [-0.4, -0.2) is 25.2 Å². The van der Waals surface area contributed by atoms with Crippen LogP contribution in [0.2, 0.25) is 0 Å². The summed E-state index contributed by atoms with van der Waals surface area (Å²) in [6.45, 7) is 1.76. The molecule has 2 heterocycles. The molecule has 0 aliphatic rings. The first kappa shape index (κ1) is 17.1. The molecule has 0 fully saturated rings. The smallest absolute Gasteiger partial charge is 0.269 e. The molecule has 0 unspecified atom stereocenters. The fourth-order valence-corrected chi connectivity index (χ4v) is 2.38. The molecule has 0 spiro atoms. The van der Waals surface area contributed by atoms with Crippen molar-refractivity contribution in [3.63, 3.8) is 0 Å². The molecule has 3 aromatic rings. The van der Waals surface area contributed by atoms with Crippen LogP contribution in [-0.2, 0) is 7.05 Å². The number of carbonyl (C=O) groups is 1. The summed E-state index contributed by atoms with van der Waals surface area (Å²) in [5.41, 5.74) is 1.11. The zero-order valence-electron chi connectivity index (χ0n) is 14.0. The fourth-order valence-electron chi connectivity index (χ4n) is 2.38. The lowest BCUT2D eigenvalue weighted by molar-refractivity contribution is -0.384. The second-order valence-corrected chi connectivity index (χ2v) is 5.67. The predicted octanol–water partition coefficient (Wildman–Crippen LogP) is 2.04. The summed E-state index contributed by atoms with van der Waals surface area (Å²) >= 11 is 0. The van der Waals surface area contributed by atoms with Gasteiger partial charge in [-0.2, -0.15) is 5.10 Å². The molecule has 1 aromatic carbocycles. The number of benzene rings is 1. The van der Waals surface area contributed by atoms with Crippen LogP contribution in [0.1, 0.15) is 16.1 Å². The summed E-state index contributed by atoms with van der Waals surface area (Å²) in [4.78, 5) is 34.4. The van der Waals surface area contributed by atoms with Gasteiger partial charge in [0.25, 0.3) is 17.2 Å². The van der Waals surface area contributed by atoms with E-state index in [4.69, 9.17) is 0 Å². The normalized spacial score (nSPS) is 10.5. The molecule has 2 aromatic heterocycles. The number of nitro groups is 1. The number of carbonyl (C=O) groups excluding carboxylic acids is 1. The first-order valence-electron chi connectivity index (χ1n) is 7.64. The third kappa shape index (κ3) is 3.36. The van der Waals surface area contributed by atoms with Crippen LogP contribution in [0.3, 0.4) is 0 Å². The van der Waals surface area contributed by atoms with Crippen LogP contribution in [0, 0.1) is 17.0 Å². The topological polar surface area (TPSA) is 112 Å². The summed E-state index contributed by atoms with van der Waals surface area (Å²) in [6.07, 6.45) is 1.51. The number of amides is 1. The molecule has 0 saturated heterocycles. The Labute approximate surface area is 147 Å². The largest absolute Gasteiger partial charge is 0.319 e. The van der Waals surface area contributed by atoms with Crippen molar-refractivity contribution in [2.75, 3.05) is 5.32 Å². The van der Waals surface area contributed by atoms with E-state index < -0.39 is 10.8 Å². The molecule has 0 saturated carbocycles. The number of hydrogen-bond donors (Lipinski definition) is 1. The third-order valence-corrected chi connectivity index (χ3v) is 3.74. The Morgan fingerprint density at radius 3 is 2.50 bits per heavy atom. The van der Waals surface area contributed by atoms with Crippen molar-refractivity contribution in [2.24, 2.45) is 7.05 Å². The zero-order valence-corrected chi connectivity index (χ0v) is 14.0. The number of nitro benzene ring substituents is 1. The van der Waals surface area contributed by atoms with Crippen molar-refractivity contribution in [1.29, 1.82) is 0 Å². The van der Waals surface area contributed by atoms with Crippen LogP contribution in [0.5, 0.6) is 0 Å². The van der Waals surface area contributed by atoms with Gasteiger partial charge in [0.1, 0.15) is 5.82 Å². The van der Waals surface area contributed by atoms with Gasteiger partial charge >= 0.3 is 0 Å². The van der Waals surface area contributed by atoms with E-state index in [0.29, 0.717) is 17.2 Å². The Kier molecular flexibility index (Phi) is 4.36. The van der Waals surface area contributed by atoms with Crippen molar-refractivity contribution >= 4 is 17.4 Å². The standard InChI is InChI=1S/C17H15N5O4/c1-11-9-15(18-17(24)12-7-8-20(2)16(23)10-12)21(19-11)13-3-5-14(6-4-13)22(25)26/h3-10H,1-2H3,(H,18,24). The van der Waals surface area contributed by atoms with Crippen molar-refractivity contribution in [1.82, 2.24) is 14.3 Å². The van der Waals surface area contributed by atoms with Gasteiger partial charge in [-0.15, -0.1) is 0 Å². The van der Waals surface area contributed by atoms with Gasteiger partial charge < -0.3 is 9.88 Å². The van der Waals surface area contributed by atoms with Gasteiger partial charge in [-0.25, -0.2) is 4.68 Å². The van der Waals surface area contributed by atoms with E-state index in [1.165, 1.54) is 39.7 Å². The summed E-state index contributed by atoms with van der Waals surface area (Å²) in [6, 6.07) is 10.3. The van der Waals surface area contributed by atoms with E-state index in [-0.39, 0.29) is 16.8 Å². The molecular weight excluding hydrogens is 338 g/mol. The summed E-state index contributed by atoms with van der Waals surface area (Å²) in [5.74, 6) is -0.0622. The number of rotatable bonds is 4. The molecule has 1 amide bonds. The first-order chi connectivity index (χ1) is 12.3. The predicted molar refractivity (Wildman–Crippen MR) is 94.6 cm³/mol. The Morgan fingerprint density at radius 1 is 1.19 bits per heavy atom. The Balaban J connectivity index is 1.91. The van der Waals surface area contributed by atoms with Crippen molar-refractivity contribution in [3.8, 4) is 5.69 Å². The maximum Gasteiger partial charge on any atom is 0.269 e. The van der Waals surface area contributed by atoms with Gasteiger partial charge in [-0.3, -0.25) is 19.7 Å². The summed E-state index contributed by atoms with van der Waals surface area (Å²) in [5, 5.41) is 17.8. The maximum absolute atomic E-state index is 12.4. The molecule has 9 nitrogen and oxygen atoms in total. The highest BCUT2D eigenvalue weighted by atomic mass is 16.6. The molecule has 9 heteroatoms. The van der Waals surface area contributed by atoms with E-state index >= 15 is 0 Å². The third-order valence-electron chi connectivity index (χ3n) is 3.74. The summed E-state index contributed by atoms with van der Waals surface area (Å²) in [7, 11) is 1.59. The van der Waals surface area contributed by atoms with Crippen molar-refractivity contribution in [2.45, 2.75) is 6.92 Å². The van der Waals surface area contributed by atoms with Crippen LogP contribution >= 0.6 is 0 Å². The second kappa shape index (κ2) is 6.63. The Morgan fingerprint density at radius 2 is 1.88 bits per heavy atom. The van der Waals surface area contributed by atoms with Gasteiger partial charge in [-0.05, 0) is 25.1 Å². The van der Waals surface area contributed by atoms with Crippen LogP contribution in [0.15, 0.2) is 53.5 Å². The monoisotopic (exact) mass is 353 g/mol. The minimum absolute atomic E-state index is 0.0386. The SMILES string of the molecule is Cc1cc(NC(=O)c2ccn(C)c(=O)c2)n(-c2ccc([N+](=O)[O-])cc2)n1. The van der Waals surface area contributed by atoms with Crippen LogP contribution in [0.25, 0.3) is 5.69 Å². The fraction of sp³-hybridized carbons (Fsp3) is 0.118. The minimum Gasteiger partial charge on any atom is -0.319 e. The van der Waals surface area contributed by atoms with Crippen molar-refractivity contribution < 1.29 is 9.72 Å². The van der Waals surface area contributed by atoms with Gasteiger partial charge in [0.05, 0.1) is 16.3 Å². The molecule has 132 valence electrons. The van der Waals surface area contributed by atoms with E-state index in [2.05, 4.69) is 10.4 Å². The lowest BCUT2D eigenvalue weighted by Crippen LogP contribution is -2.20. The van der Waals surface area contributed by atoms with E-state index in [9.17, 15) is 19.7 Å². The molecular formula is C17H15N5O4. The number of aryl methyl sites for hydroxylation is 2. The number of aromatic nitrogens is 3. The number of non-ortho nitro benzene ring substituents is 1. The van der Waals surface area contributed by atoms with Crippen molar-refractivity contribution in [3.05, 3.63) is 80.4 Å². The van der Waals surface area contributed by atoms with E-state index in [1.54, 1.807) is 32.2 Å². The van der Waals surface area contributed by atoms with Gasteiger partial charge in [-0.1, -0.05) is 0 Å². The summed E-state index contributed by atoms with van der Waals surface area (Å²) < 4.78 is 2.83. The highest BCUT2D eigenvalue weighted by Gasteiger charge is 2.14. The number of nitrogens with zero attached hydrogens (tertiary/aromatic N) is 4. The lowest BCUT2D eigenvalue weighted by atomic mass is 10.2. The van der Waals surface area contributed by atoms with Gasteiger partial charge in [0.2, 0.25) is 0 Å². The average Bonchev–Trinajstić information content (AvgIpc) is 2.97. The molecule has 0 atom stereocenters.